The van der Waals surface area contributed by atoms with E-state index < -0.39 is 21.7 Å². The van der Waals surface area contributed by atoms with Gasteiger partial charge in [-0.15, -0.1) is 0 Å². The van der Waals surface area contributed by atoms with Gasteiger partial charge in [0, 0.05) is 16.7 Å². The zero-order chi connectivity index (χ0) is 32.3. The third-order valence-electron chi connectivity index (χ3n) is 13.1. The van der Waals surface area contributed by atoms with Crippen molar-refractivity contribution in [3.05, 3.63) is 59.2 Å². The Bertz CT molecular complexity index is 1460. The minimum atomic E-state index is -0.695. The summed E-state index contributed by atoms with van der Waals surface area (Å²) in [5.74, 6) is -0.248. The lowest BCUT2D eigenvalue weighted by atomic mass is 9.38. The average molecular weight is 598 g/mol. The van der Waals surface area contributed by atoms with Gasteiger partial charge in [0.25, 0.3) is 0 Å². The summed E-state index contributed by atoms with van der Waals surface area (Å²) >= 11 is 0. The Balaban J connectivity index is 1.56. The van der Waals surface area contributed by atoms with Crippen LogP contribution < -0.4 is 0 Å². The summed E-state index contributed by atoms with van der Waals surface area (Å²) in [6.07, 6.45) is 10.3. The molecule has 0 N–H and O–H groups in total. The van der Waals surface area contributed by atoms with Crippen molar-refractivity contribution in [2.24, 2.45) is 44.3 Å². The molecule has 0 amide bonds. The van der Waals surface area contributed by atoms with Crippen LogP contribution in [-0.2, 0) is 25.7 Å². The third-order valence-corrected chi connectivity index (χ3v) is 13.1. The van der Waals surface area contributed by atoms with Gasteiger partial charge in [-0.3, -0.25) is 14.4 Å². The number of carbonyl (C=O) groups excluding carboxylic acids is 3. The van der Waals surface area contributed by atoms with Crippen LogP contribution in [0.15, 0.2) is 53.6 Å². The molecule has 0 heterocycles. The molecule has 1 aromatic carbocycles. The summed E-state index contributed by atoms with van der Waals surface area (Å²) in [4.78, 5) is 41.6. The first kappa shape index (κ1) is 32.4. The summed E-state index contributed by atoms with van der Waals surface area (Å²) in [5, 5.41) is 9.98. The average Bonchev–Trinajstić information content (AvgIpc) is 2.97. The van der Waals surface area contributed by atoms with Crippen molar-refractivity contribution in [3.63, 3.8) is 0 Å². The van der Waals surface area contributed by atoms with Gasteiger partial charge in [0.05, 0.1) is 11.0 Å². The molecule has 2 saturated carbocycles. The van der Waals surface area contributed by atoms with Crippen LogP contribution in [0.3, 0.4) is 0 Å². The molecule has 4 aliphatic rings. The van der Waals surface area contributed by atoms with Crippen LogP contribution in [0.1, 0.15) is 112 Å². The highest BCUT2D eigenvalue weighted by molar-refractivity contribution is 6.04. The topological polar surface area (TPSA) is 84.2 Å². The Morgan fingerprint density at radius 2 is 1.55 bits per heavy atom. The number of hydrogen-bond donors (Lipinski definition) is 0. The second-order valence-corrected chi connectivity index (χ2v) is 16.7. The normalized spacial score (nSPS) is 38.1. The van der Waals surface area contributed by atoms with E-state index >= 15 is 0 Å². The molecule has 5 rings (SSSR count). The minimum absolute atomic E-state index is 0.00331. The van der Waals surface area contributed by atoms with E-state index in [0.717, 1.165) is 56.1 Å². The molecule has 2 fully saturated rings. The van der Waals surface area contributed by atoms with E-state index in [2.05, 4.69) is 47.6 Å². The first-order valence-corrected chi connectivity index (χ1v) is 16.6. The highest BCUT2D eigenvalue weighted by Crippen LogP contribution is 2.70. The van der Waals surface area contributed by atoms with Gasteiger partial charge in [-0.25, -0.2) is 0 Å². The summed E-state index contributed by atoms with van der Waals surface area (Å²) in [7, 11) is 0. The number of benzene rings is 1. The molecule has 5 nitrogen and oxygen atoms in total. The van der Waals surface area contributed by atoms with Crippen molar-refractivity contribution in [2.75, 3.05) is 0 Å². The van der Waals surface area contributed by atoms with Crippen molar-refractivity contribution in [2.45, 2.75) is 113 Å². The number of ketones is 2. The van der Waals surface area contributed by atoms with Gasteiger partial charge in [-0.2, -0.15) is 5.26 Å². The van der Waals surface area contributed by atoms with Crippen LogP contribution in [0.4, 0.5) is 0 Å². The van der Waals surface area contributed by atoms with Gasteiger partial charge in [-0.05, 0) is 92.1 Å². The molecule has 0 bridgehead atoms. The molecule has 0 saturated heterocycles. The first-order chi connectivity index (χ1) is 20.4. The maximum Gasteiger partial charge on any atom is 0.312 e. The number of fused-ring (bicyclic) bond motifs is 5. The number of esters is 1. The highest BCUT2D eigenvalue weighted by atomic mass is 16.5. The Kier molecular flexibility index (Phi) is 7.96. The number of carbonyl (C=O) groups is 3. The van der Waals surface area contributed by atoms with Gasteiger partial charge >= 0.3 is 5.97 Å². The maximum atomic E-state index is 14.3. The fraction of sp³-hybridized carbons (Fsp3) is 0.641. The molecule has 6 atom stereocenters. The maximum absolute atomic E-state index is 14.3. The van der Waals surface area contributed by atoms with E-state index in [9.17, 15) is 19.6 Å². The van der Waals surface area contributed by atoms with Gasteiger partial charge < -0.3 is 4.74 Å². The van der Waals surface area contributed by atoms with Gasteiger partial charge in [0.2, 0.25) is 0 Å². The first-order valence-electron chi connectivity index (χ1n) is 16.6. The van der Waals surface area contributed by atoms with E-state index in [4.69, 9.17) is 4.74 Å². The zero-order valence-corrected chi connectivity index (χ0v) is 28.1. The number of nitriles is 1. The van der Waals surface area contributed by atoms with Crippen molar-refractivity contribution >= 4 is 17.5 Å². The quantitative estimate of drug-likeness (QED) is 0.325. The minimum Gasteiger partial charge on any atom is -0.460 e. The highest BCUT2D eigenvalue weighted by Gasteiger charge is 2.65. The number of ether oxygens (including phenoxy) is 1. The number of allylic oxidation sites excluding steroid dienone is 4. The molecule has 0 radical (unpaired) electrons. The second kappa shape index (κ2) is 10.8. The molecule has 5 heteroatoms. The van der Waals surface area contributed by atoms with Crippen LogP contribution in [-0.4, -0.2) is 17.5 Å². The standard InChI is InChI=1S/C39H51NO4/c1-34(2)16-14-28-29(41)22-31-37(6)23-27(24-40)32(42)35(3,4)30(37)15-17-39(31,8)38(28,7)21-20-36(5,19-18-34)33(43)44-25-26-12-10-9-11-13-26/h9-13,22-23,28,30H,14-21,25H2,1-8H3/t28?,30-,36-,37-,38+,39+/m0/s1. The van der Waals surface area contributed by atoms with Crippen molar-refractivity contribution in [3.8, 4) is 6.07 Å². The van der Waals surface area contributed by atoms with E-state index in [1.807, 2.05) is 56.3 Å². The lowest BCUT2D eigenvalue weighted by Gasteiger charge is -2.65. The third kappa shape index (κ3) is 5.01. The summed E-state index contributed by atoms with van der Waals surface area (Å²) in [5.41, 5.74) is -0.447. The largest absolute Gasteiger partial charge is 0.460 e. The number of Topliss-reactive ketones (excluding diaryl/α,β-unsaturated/α-hetero) is 1. The van der Waals surface area contributed by atoms with E-state index in [1.165, 1.54) is 0 Å². The molecule has 1 aromatic rings. The van der Waals surface area contributed by atoms with Crippen LogP contribution in [0, 0.1) is 55.7 Å². The fourth-order valence-corrected chi connectivity index (χ4v) is 9.69. The van der Waals surface area contributed by atoms with Crippen LogP contribution in [0.25, 0.3) is 0 Å². The van der Waals surface area contributed by atoms with Gasteiger partial charge in [-0.1, -0.05) is 90.4 Å². The van der Waals surface area contributed by atoms with Crippen LogP contribution in [0.2, 0.25) is 0 Å². The van der Waals surface area contributed by atoms with Crippen molar-refractivity contribution in [1.29, 1.82) is 5.26 Å². The monoisotopic (exact) mass is 597 g/mol. The number of nitrogens with zero attached hydrogens (tertiary/aromatic N) is 1. The molecule has 0 aromatic heterocycles. The van der Waals surface area contributed by atoms with Gasteiger partial charge in [0.15, 0.2) is 11.6 Å². The molecule has 4 aliphatic carbocycles. The summed E-state index contributed by atoms with van der Waals surface area (Å²) < 4.78 is 5.99. The smallest absolute Gasteiger partial charge is 0.312 e. The molecule has 0 spiro atoms. The fourth-order valence-electron chi connectivity index (χ4n) is 9.69. The SMILES string of the molecule is CC1(C)CCC2C(=O)C=C3[C@@]4(C)C=C(C#N)C(=O)C(C)(C)[C@@H]4CC[C@@]3(C)[C@]2(C)CC[C@@](C)(C(=O)OCc2ccccc2)CC1. The van der Waals surface area contributed by atoms with Crippen LogP contribution in [0.5, 0.6) is 0 Å². The molecule has 1 unspecified atom stereocenters. The lowest BCUT2D eigenvalue weighted by molar-refractivity contribution is -0.159. The molecular formula is C39H51NO4. The van der Waals surface area contributed by atoms with E-state index in [-0.39, 0.29) is 52.4 Å². The Morgan fingerprint density at radius 1 is 0.886 bits per heavy atom. The Hall–Kier alpha value is -3.00. The summed E-state index contributed by atoms with van der Waals surface area (Å²) in [6, 6.07) is 12.0. The number of hydrogen-bond acceptors (Lipinski definition) is 5. The lowest BCUT2D eigenvalue weighted by Crippen LogP contribution is -2.60. The van der Waals surface area contributed by atoms with Crippen molar-refractivity contribution < 1.29 is 19.1 Å². The van der Waals surface area contributed by atoms with Gasteiger partial charge in [0.1, 0.15) is 12.7 Å². The molecular weight excluding hydrogens is 546 g/mol. The van der Waals surface area contributed by atoms with E-state index in [0.29, 0.717) is 6.42 Å². The molecule has 44 heavy (non-hydrogen) atoms. The predicted octanol–water partition coefficient (Wildman–Crippen LogP) is 8.73. The molecule has 236 valence electrons. The summed E-state index contributed by atoms with van der Waals surface area (Å²) in [6.45, 7) is 17.6. The van der Waals surface area contributed by atoms with Crippen molar-refractivity contribution in [1.82, 2.24) is 0 Å². The Morgan fingerprint density at radius 3 is 2.20 bits per heavy atom. The second-order valence-electron chi connectivity index (χ2n) is 16.7. The predicted molar refractivity (Wildman–Crippen MR) is 172 cm³/mol. The van der Waals surface area contributed by atoms with E-state index in [1.54, 1.807) is 0 Å². The van der Waals surface area contributed by atoms with Crippen LogP contribution >= 0.6 is 0 Å². The Labute approximate surface area is 264 Å². The molecule has 0 aliphatic heterocycles. The zero-order valence-electron chi connectivity index (χ0n) is 28.1. The number of rotatable bonds is 3.